The second-order valence-corrected chi connectivity index (χ2v) is 4.43. The molecule has 3 unspecified atom stereocenters. The van der Waals surface area contributed by atoms with E-state index in [-0.39, 0.29) is 24.6 Å². The molecule has 0 aliphatic carbocycles. The molecule has 3 heterocycles. The van der Waals surface area contributed by atoms with Gasteiger partial charge in [0.2, 0.25) is 0 Å². The third kappa shape index (κ3) is 1.20. The maximum atomic E-state index is 9.29. The van der Waals surface area contributed by atoms with E-state index >= 15 is 0 Å². The molecule has 0 amide bonds. The first-order chi connectivity index (χ1) is 6.55. The van der Waals surface area contributed by atoms with Crippen LogP contribution in [0.5, 0.6) is 0 Å². The number of aliphatic hydroxyl groups is 1. The second kappa shape index (κ2) is 2.68. The van der Waals surface area contributed by atoms with Gasteiger partial charge < -0.3 is 24.1 Å². The Balaban J connectivity index is 1.78. The molecule has 0 spiro atoms. The minimum absolute atomic E-state index is 0.0869. The molecule has 0 radical (unpaired) electrons. The number of ether oxygens (including phenoxy) is 4. The molecule has 14 heavy (non-hydrogen) atoms. The number of fused-ring (bicyclic) bond motifs is 3. The first-order valence-electron chi connectivity index (χ1n) is 4.90. The van der Waals surface area contributed by atoms with E-state index in [1.807, 2.05) is 13.8 Å². The van der Waals surface area contributed by atoms with Crippen molar-refractivity contribution >= 4 is 0 Å². The van der Waals surface area contributed by atoms with Crippen LogP contribution in [0, 0.1) is 0 Å². The fourth-order valence-electron chi connectivity index (χ4n) is 2.34. The van der Waals surface area contributed by atoms with Crippen LogP contribution in [-0.2, 0) is 18.9 Å². The van der Waals surface area contributed by atoms with Crippen molar-refractivity contribution in [2.45, 2.75) is 56.9 Å². The molecule has 5 atom stereocenters. The molecule has 80 valence electrons. The summed E-state index contributed by atoms with van der Waals surface area (Å²) in [6.45, 7) is 3.68. The Morgan fingerprint density at radius 3 is 2.71 bits per heavy atom. The predicted molar refractivity (Wildman–Crippen MR) is 44.2 cm³/mol. The van der Waals surface area contributed by atoms with Crippen molar-refractivity contribution in [3.63, 3.8) is 0 Å². The lowest BCUT2D eigenvalue weighted by molar-refractivity contribution is -0.210. The van der Waals surface area contributed by atoms with Crippen LogP contribution in [0.3, 0.4) is 0 Å². The minimum atomic E-state index is -0.724. The van der Waals surface area contributed by atoms with Gasteiger partial charge in [0.1, 0.15) is 12.2 Å². The molecule has 3 aliphatic heterocycles. The normalized spacial score (nSPS) is 54.6. The summed E-state index contributed by atoms with van der Waals surface area (Å²) in [4.78, 5) is 0. The SMILES string of the molecule is CC1(C)OC2O[C@@H]3CC(O)O[C@@H]3C2O1. The summed E-state index contributed by atoms with van der Waals surface area (Å²) in [6, 6.07) is 0. The summed E-state index contributed by atoms with van der Waals surface area (Å²) >= 11 is 0. The van der Waals surface area contributed by atoms with Gasteiger partial charge in [-0.15, -0.1) is 0 Å². The van der Waals surface area contributed by atoms with E-state index < -0.39 is 12.1 Å². The zero-order chi connectivity index (χ0) is 9.92. The van der Waals surface area contributed by atoms with Gasteiger partial charge in [-0.25, -0.2) is 0 Å². The lowest BCUT2D eigenvalue weighted by atomic mass is 10.1. The highest BCUT2D eigenvalue weighted by Crippen LogP contribution is 2.42. The maximum absolute atomic E-state index is 9.29. The van der Waals surface area contributed by atoms with Gasteiger partial charge >= 0.3 is 0 Å². The molecule has 0 aromatic heterocycles. The first-order valence-corrected chi connectivity index (χ1v) is 4.90. The second-order valence-electron chi connectivity index (χ2n) is 4.43. The van der Waals surface area contributed by atoms with Gasteiger partial charge in [-0.1, -0.05) is 0 Å². The zero-order valence-corrected chi connectivity index (χ0v) is 8.17. The van der Waals surface area contributed by atoms with Crippen molar-refractivity contribution in [3.05, 3.63) is 0 Å². The fraction of sp³-hybridized carbons (Fsp3) is 1.00. The maximum Gasteiger partial charge on any atom is 0.190 e. The van der Waals surface area contributed by atoms with E-state index in [0.29, 0.717) is 6.42 Å². The van der Waals surface area contributed by atoms with Crippen LogP contribution in [0.2, 0.25) is 0 Å². The van der Waals surface area contributed by atoms with Crippen molar-refractivity contribution in [2.24, 2.45) is 0 Å². The van der Waals surface area contributed by atoms with Gasteiger partial charge in [0.25, 0.3) is 0 Å². The van der Waals surface area contributed by atoms with E-state index in [1.165, 1.54) is 0 Å². The topological polar surface area (TPSA) is 57.2 Å². The van der Waals surface area contributed by atoms with Gasteiger partial charge in [0, 0.05) is 6.42 Å². The molecule has 1 N–H and O–H groups in total. The summed E-state index contributed by atoms with van der Waals surface area (Å²) in [5.41, 5.74) is 0. The first kappa shape index (κ1) is 9.06. The fourth-order valence-corrected chi connectivity index (χ4v) is 2.34. The van der Waals surface area contributed by atoms with Crippen molar-refractivity contribution in [2.75, 3.05) is 0 Å². The third-order valence-corrected chi connectivity index (χ3v) is 2.84. The van der Waals surface area contributed by atoms with E-state index in [1.54, 1.807) is 0 Å². The average molecular weight is 202 g/mol. The van der Waals surface area contributed by atoms with Crippen LogP contribution in [-0.4, -0.2) is 41.8 Å². The third-order valence-electron chi connectivity index (χ3n) is 2.84. The highest BCUT2D eigenvalue weighted by molar-refractivity contribution is 4.97. The predicted octanol–water partition coefficient (Wildman–Crippen LogP) is -0.0299. The number of aliphatic hydroxyl groups excluding tert-OH is 1. The van der Waals surface area contributed by atoms with E-state index in [2.05, 4.69) is 0 Å². The van der Waals surface area contributed by atoms with Crippen LogP contribution < -0.4 is 0 Å². The summed E-state index contributed by atoms with van der Waals surface area (Å²) in [5, 5.41) is 9.29. The van der Waals surface area contributed by atoms with Gasteiger partial charge in [0.15, 0.2) is 18.4 Å². The Hall–Kier alpha value is -0.200. The summed E-state index contributed by atoms with van der Waals surface area (Å²) < 4.78 is 22.1. The lowest BCUT2D eigenvalue weighted by Crippen LogP contribution is -2.32. The van der Waals surface area contributed by atoms with Crippen molar-refractivity contribution < 1.29 is 24.1 Å². The Kier molecular flexibility index (Phi) is 1.73. The van der Waals surface area contributed by atoms with Crippen molar-refractivity contribution in [3.8, 4) is 0 Å². The van der Waals surface area contributed by atoms with Gasteiger partial charge in [-0.05, 0) is 13.8 Å². The highest BCUT2D eigenvalue weighted by atomic mass is 16.8. The monoisotopic (exact) mass is 202 g/mol. The average Bonchev–Trinajstić information content (AvgIpc) is 2.58. The van der Waals surface area contributed by atoms with Crippen molar-refractivity contribution in [1.29, 1.82) is 0 Å². The largest absolute Gasteiger partial charge is 0.368 e. The van der Waals surface area contributed by atoms with Gasteiger partial charge in [0.05, 0.1) is 6.10 Å². The minimum Gasteiger partial charge on any atom is -0.368 e. The zero-order valence-electron chi connectivity index (χ0n) is 8.17. The molecule has 3 rings (SSSR count). The molecule has 3 aliphatic rings. The van der Waals surface area contributed by atoms with Gasteiger partial charge in [-0.2, -0.15) is 0 Å². The molecule has 3 saturated heterocycles. The highest BCUT2D eigenvalue weighted by Gasteiger charge is 2.58. The van der Waals surface area contributed by atoms with Crippen LogP contribution in [0.25, 0.3) is 0 Å². The van der Waals surface area contributed by atoms with E-state index in [4.69, 9.17) is 18.9 Å². The van der Waals surface area contributed by atoms with Crippen LogP contribution in [0.1, 0.15) is 20.3 Å². The number of rotatable bonds is 0. The summed E-state index contributed by atoms with van der Waals surface area (Å²) in [5.74, 6) is -0.614. The van der Waals surface area contributed by atoms with E-state index in [0.717, 1.165) is 0 Å². The molecule has 5 nitrogen and oxygen atoms in total. The molecular weight excluding hydrogens is 188 g/mol. The Bertz CT molecular complexity index is 254. The van der Waals surface area contributed by atoms with Crippen LogP contribution >= 0.6 is 0 Å². The quantitative estimate of drug-likeness (QED) is 0.597. The standard InChI is InChI=1S/C9H14O5/c1-9(2)13-7-6-4(3-5(10)12-6)11-8(7)14-9/h4-8,10H,3H2,1-2H3/t4-,5?,6+,7?,8?/m1/s1. The molecule has 3 fully saturated rings. The van der Waals surface area contributed by atoms with Crippen LogP contribution in [0.4, 0.5) is 0 Å². The Labute approximate surface area is 81.9 Å². The molecule has 0 aromatic carbocycles. The summed E-state index contributed by atoms with van der Waals surface area (Å²) in [7, 11) is 0. The lowest BCUT2D eigenvalue weighted by Gasteiger charge is -2.20. The molecular formula is C9H14O5. The van der Waals surface area contributed by atoms with Crippen molar-refractivity contribution in [1.82, 2.24) is 0 Å². The smallest absolute Gasteiger partial charge is 0.190 e. The Morgan fingerprint density at radius 2 is 1.93 bits per heavy atom. The number of hydrogen-bond donors (Lipinski definition) is 1. The summed E-state index contributed by atoms with van der Waals surface area (Å²) in [6.07, 6.45) is -1.03. The molecule has 0 saturated carbocycles. The molecule has 0 aromatic rings. The Morgan fingerprint density at radius 1 is 1.14 bits per heavy atom. The molecule has 5 heteroatoms. The molecule has 0 bridgehead atoms. The number of hydrogen-bond acceptors (Lipinski definition) is 5. The van der Waals surface area contributed by atoms with Gasteiger partial charge in [-0.3, -0.25) is 0 Å². The van der Waals surface area contributed by atoms with E-state index in [9.17, 15) is 5.11 Å². The van der Waals surface area contributed by atoms with Crippen LogP contribution in [0.15, 0.2) is 0 Å².